The number of pyridine rings is 2. The van der Waals surface area contributed by atoms with E-state index in [1.165, 1.54) is 19.3 Å². The molecule has 1 amide bonds. The number of ether oxygens (including phenoxy) is 2. The van der Waals surface area contributed by atoms with Gasteiger partial charge >= 0.3 is 6.09 Å². The van der Waals surface area contributed by atoms with Crippen LogP contribution in [0, 0.1) is 5.92 Å². The van der Waals surface area contributed by atoms with Crippen LogP contribution in [0.2, 0.25) is 0 Å². The average Bonchev–Trinajstić information content (AvgIpc) is 3.42. The highest BCUT2D eigenvalue weighted by Crippen LogP contribution is 2.31. The Morgan fingerprint density at radius 2 is 1.95 bits per heavy atom. The molecule has 3 aromatic rings. The Hall–Kier alpha value is -3.62. The maximum Gasteiger partial charge on any atom is 0.410 e. The highest BCUT2D eigenvalue weighted by molar-refractivity contribution is 5.69. The second-order valence-corrected chi connectivity index (χ2v) is 12.1. The lowest BCUT2D eigenvalue weighted by molar-refractivity contribution is 0.00736. The fraction of sp³-hybridized carbons (Fsp3) is 0.548. The summed E-state index contributed by atoms with van der Waals surface area (Å²) in [6.45, 7) is 10.5. The number of anilines is 1. The monoisotopic (exact) mass is 546 g/mol. The third-order valence-electron chi connectivity index (χ3n) is 8.00. The van der Waals surface area contributed by atoms with E-state index in [9.17, 15) is 4.79 Å². The summed E-state index contributed by atoms with van der Waals surface area (Å²) in [6, 6.07) is 6.33. The van der Waals surface area contributed by atoms with Crippen molar-refractivity contribution < 1.29 is 14.3 Å². The van der Waals surface area contributed by atoms with Crippen molar-refractivity contribution in [2.45, 2.75) is 77.5 Å². The molecule has 0 aromatic carbocycles. The third-order valence-corrected chi connectivity index (χ3v) is 8.00. The van der Waals surface area contributed by atoms with Crippen LogP contribution in [-0.2, 0) is 4.74 Å². The molecule has 2 atom stereocenters. The predicted octanol–water partition coefficient (Wildman–Crippen LogP) is 5.96. The predicted molar refractivity (Wildman–Crippen MR) is 156 cm³/mol. The number of hydrogen-bond acceptors (Lipinski definition) is 7. The number of nitrogens with zero attached hydrogens (tertiary/aromatic N) is 6. The molecule has 3 aromatic heterocycles. The molecule has 40 heavy (non-hydrogen) atoms. The van der Waals surface area contributed by atoms with Crippen LogP contribution in [-0.4, -0.2) is 68.9 Å². The topological polar surface area (TPSA) is 85.6 Å². The minimum atomic E-state index is -0.499. The molecular formula is C31H42N6O3. The largest absolute Gasteiger partial charge is 0.495 e. The summed E-state index contributed by atoms with van der Waals surface area (Å²) in [5, 5.41) is 0. The Morgan fingerprint density at radius 3 is 2.62 bits per heavy atom. The first-order chi connectivity index (χ1) is 19.2. The molecule has 214 valence electrons. The molecule has 9 nitrogen and oxygen atoms in total. The molecule has 0 radical (unpaired) electrons. The van der Waals surface area contributed by atoms with Crippen LogP contribution in [0.1, 0.15) is 71.5 Å². The fourth-order valence-corrected chi connectivity index (χ4v) is 5.44. The van der Waals surface area contributed by atoms with Gasteiger partial charge in [-0.3, -0.25) is 9.97 Å². The summed E-state index contributed by atoms with van der Waals surface area (Å²) in [5.74, 6) is 1.30. The van der Waals surface area contributed by atoms with Crippen LogP contribution in [0.4, 0.5) is 10.5 Å². The van der Waals surface area contributed by atoms with Gasteiger partial charge in [-0.1, -0.05) is 6.42 Å². The molecule has 0 spiro atoms. The second kappa shape index (κ2) is 11.9. The normalized spacial score (nSPS) is 18.6. The highest BCUT2D eigenvalue weighted by atomic mass is 16.6. The number of methoxy groups -OCH3 is 1. The lowest BCUT2D eigenvalue weighted by Crippen LogP contribution is -2.53. The van der Waals surface area contributed by atoms with Crippen molar-refractivity contribution in [2.24, 2.45) is 5.92 Å². The van der Waals surface area contributed by atoms with Gasteiger partial charge in [0.1, 0.15) is 11.4 Å². The molecule has 1 aliphatic carbocycles. The minimum absolute atomic E-state index is 0.0214. The number of imidazole rings is 1. The van der Waals surface area contributed by atoms with Crippen molar-refractivity contribution in [1.82, 2.24) is 24.4 Å². The molecule has 1 saturated heterocycles. The van der Waals surface area contributed by atoms with Crippen LogP contribution in [0.3, 0.4) is 0 Å². The van der Waals surface area contributed by atoms with E-state index in [2.05, 4.69) is 38.5 Å². The summed E-state index contributed by atoms with van der Waals surface area (Å²) in [7, 11) is 1.63. The van der Waals surface area contributed by atoms with E-state index in [4.69, 9.17) is 14.5 Å². The van der Waals surface area contributed by atoms with Crippen LogP contribution >= 0.6 is 0 Å². The summed E-state index contributed by atoms with van der Waals surface area (Å²) in [4.78, 5) is 31.2. The zero-order valence-corrected chi connectivity index (χ0v) is 24.4. The van der Waals surface area contributed by atoms with E-state index >= 15 is 0 Å². The van der Waals surface area contributed by atoms with E-state index in [1.54, 1.807) is 19.5 Å². The van der Waals surface area contributed by atoms with Gasteiger partial charge in [-0.05, 0) is 77.5 Å². The molecule has 1 unspecified atom stereocenters. The maximum absolute atomic E-state index is 13.2. The first-order valence-electron chi connectivity index (χ1n) is 14.4. The van der Waals surface area contributed by atoms with Crippen molar-refractivity contribution in [3.05, 3.63) is 55.0 Å². The van der Waals surface area contributed by atoms with Crippen molar-refractivity contribution >= 4 is 11.8 Å². The van der Waals surface area contributed by atoms with Gasteiger partial charge in [-0.2, -0.15) is 0 Å². The Balaban J connectivity index is 1.26. The highest BCUT2D eigenvalue weighted by Gasteiger charge is 2.34. The molecule has 5 rings (SSSR count). The molecular weight excluding hydrogens is 504 g/mol. The first-order valence-corrected chi connectivity index (χ1v) is 14.4. The van der Waals surface area contributed by atoms with Crippen LogP contribution in [0.15, 0.2) is 49.3 Å². The molecule has 0 bridgehead atoms. The molecule has 2 fully saturated rings. The molecule has 2 aliphatic rings. The number of carbonyl (C=O) groups excluding carboxylic acids is 1. The Morgan fingerprint density at radius 1 is 1.12 bits per heavy atom. The zero-order valence-electron chi connectivity index (χ0n) is 24.4. The van der Waals surface area contributed by atoms with E-state index in [0.717, 1.165) is 55.1 Å². The quantitative estimate of drug-likeness (QED) is 0.344. The number of carbonyl (C=O) groups is 1. The lowest BCUT2D eigenvalue weighted by Gasteiger charge is -2.43. The van der Waals surface area contributed by atoms with Gasteiger partial charge in [0.25, 0.3) is 0 Å². The van der Waals surface area contributed by atoms with Crippen molar-refractivity contribution in [1.29, 1.82) is 0 Å². The number of aromatic nitrogens is 4. The van der Waals surface area contributed by atoms with E-state index in [0.29, 0.717) is 11.7 Å². The van der Waals surface area contributed by atoms with Crippen molar-refractivity contribution in [3.63, 3.8) is 0 Å². The standard InChI is InChI=1S/C31H42N6O3/c1-22(36-20-29(34-21-36)24-14-27(39-5)17-32-15-24)28-12-11-25(16-33-28)35-13-7-10-26(19-35)37(18-23-8-6-9-23)30(38)40-31(2,3)4/h11-12,14-17,20-23,26H,6-10,13,18-19H2,1-5H3/t22?,26-/m1/s1. The van der Waals surface area contributed by atoms with E-state index in [1.807, 2.05) is 50.5 Å². The van der Waals surface area contributed by atoms with Crippen LogP contribution < -0.4 is 9.64 Å². The number of rotatable bonds is 8. The summed E-state index contributed by atoms with van der Waals surface area (Å²) in [6.07, 6.45) is 14.8. The third kappa shape index (κ3) is 6.57. The first kappa shape index (κ1) is 27.9. The Labute approximate surface area is 237 Å². The molecule has 1 aliphatic heterocycles. The lowest BCUT2D eigenvalue weighted by atomic mass is 9.84. The van der Waals surface area contributed by atoms with Gasteiger partial charge in [0.2, 0.25) is 0 Å². The molecule has 1 saturated carbocycles. The molecule has 4 heterocycles. The van der Waals surface area contributed by atoms with Gasteiger partial charge < -0.3 is 23.8 Å². The number of hydrogen-bond donors (Lipinski definition) is 0. The van der Waals surface area contributed by atoms with Gasteiger partial charge in [-0.15, -0.1) is 0 Å². The Bertz CT molecular complexity index is 1280. The fourth-order valence-electron chi connectivity index (χ4n) is 5.44. The molecule has 0 N–H and O–H groups in total. The van der Waals surface area contributed by atoms with Gasteiger partial charge in [0.15, 0.2) is 0 Å². The molecule has 9 heteroatoms. The van der Waals surface area contributed by atoms with Crippen molar-refractivity contribution in [2.75, 3.05) is 31.6 Å². The van der Waals surface area contributed by atoms with Gasteiger partial charge in [-0.25, -0.2) is 9.78 Å². The summed E-state index contributed by atoms with van der Waals surface area (Å²) < 4.78 is 13.2. The van der Waals surface area contributed by atoms with Gasteiger partial charge in [0.05, 0.1) is 55.0 Å². The number of amides is 1. The van der Waals surface area contributed by atoms with Gasteiger partial charge in [0, 0.05) is 37.6 Å². The van der Waals surface area contributed by atoms with E-state index < -0.39 is 5.60 Å². The summed E-state index contributed by atoms with van der Waals surface area (Å²) in [5.41, 5.74) is 3.30. The summed E-state index contributed by atoms with van der Waals surface area (Å²) >= 11 is 0. The smallest absolute Gasteiger partial charge is 0.410 e. The number of piperidine rings is 1. The maximum atomic E-state index is 13.2. The Kier molecular flexibility index (Phi) is 8.28. The zero-order chi connectivity index (χ0) is 28.3. The van der Waals surface area contributed by atoms with Crippen LogP contribution in [0.5, 0.6) is 5.75 Å². The van der Waals surface area contributed by atoms with Crippen molar-refractivity contribution in [3.8, 4) is 17.0 Å². The average molecular weight is 547 g/mol. The second-order valence-electron chi connectivity index (χ2n) is 12.1. The van der Waals surface area contributed by atoms with E-state index in [-0.39, 0.29) is 18.2 Å². The minimum Gasteiger partial charge on any atom is -0.495 e. The SMILES string of the molecule is COc1cncc(-c2cn(C(C)c3ccc(N4CCC[C@@H](N(CC5CCC5)C(=O)OC(C)(C)C)C4)cn3)cn2)c1. The van der Waals surface area contributed by atoms with Crippen LogP contribution in [0.25, 0.3) is 11.3 Å².